The first kappa shape index (κ1) is 13.9. The van der Waals surface area contributed by atoms with Crippen molar-refractivity contribution < 1.29 is 4.74 Å². The Hall–Kier alpha value is -1.06. The number of methoxy groups -OCH3 is 1. The summed E-state index contributed by atoms with van der Waals surface area (Å²) < 4.78 is 5.35. The second kappa shape index (κ2) is 6.15. The molecule has 2 fully saturated rings. The minimum Gasteiger partial charge on any atom is -0.497 e. The SMILES string of the molecule is COc1ccc([C@@H](C2CCC2)N2CCNCC2)c(C)c1. The predicted molar refractivity (Wildman–Crippen MR) is 82.3 cm³/mol. The molecule has 1 saturated heterocycles. The maximum absolute atomic E-state index is 5.35. The van der Waals surface area contributed by atoms with E-state index in [0.29, 0.717) is 6.04 Å². The van der Waals surface area contributed by atoms with Gasteiger partial charge < -0.3 is 10.1 Å². The third kappa shape index (κ3) is 2.70. The van der Waals surface area contributed by atoms with E-state index in [1.807, 2.05) is 0 Å². The Bertz CT molecular complexity index is 450. The van der Waals surface area contributed by atoms with Crippen LogP contribution in [0.25, 0.3) is 0 Å². The Morgan fingerprint density at radius 3 is 2.55 bits per heavy atom. The molecule has 1 aromatic carbocycles. The van der Waals surface area contributed by atoms with Gasteiger partial charge in [-0.2, -0.15) is 0 Å². The Labute approximate surface area is 122 Å². The number of aryl methyl sites for hydroxylation is 1. The summed E-state index contributed by atoms with van der Waals surface area (Å²) in [5, 5.41) is 3.47. The number of hydrogen-bond donors (Lipinski definition) is 1. The first-order valence-corrected chi connectivity index (χ1v) is 7.89. The van der Waals surface area contributed by atoms with Crippen LogP contribution in [0.4, 0.5) is 0 Å². The van der Waals surface area contributed by atoms with Crippen LogP contribution < -0.4 is 10.1 Å². The molecule has 110 valence electrons. The molecule has 1 atom stereocenters. The van der Waals surface area contributed by atoms with Gasteiger partial charge in [0.1, 0.15) is 5.75 Å². The van der Waals surface area contributed by atoms with Gasteiger partial charge in [-0.05, 0) is 48.9 Å². The van der Waals surface area contributed by atoms with Crippen LogP contribution in [0.15, 0.2) is 18.2 Å². The van der Waals surface area contributed by atoms with E-state index in [9.17, 15) is 0 Å². The number of piperazine rings is 1. The Balaban J connectivity index is 1.87. The van der Waals surface area contributed by atoms with Gasteiger partial charge in [-0.25, -0.2) is 0 Å². The summed E-state index contributed by atoms with van der Waals surface area (Å²) in [7, 11) is 1.74. The van der Waals surface area contributed by atoms with Gasteiger partial charge in [0.2, 0.25) is 0 Å². The van der Waals surface area contributed by atoms with Crippen molar-refractivity contribution in [3.05, 3.63) is 29.3 Å². The molecule has 20 heavy (non-hydrogen) atoms. The molecule has 3 nitrogen and oxygen atoms in total. The zero-order chi connectivity index (χ0) is 13.9. The number of ether oxygens (including phenoxy) is 1. The van der Waals surface area contributed by atoms with Gasteiger partial charge in [0.25, 0.3) is 0 Å². The van der Waals surface area contributed by atoms with E-state index >= 15 is 0 Å². The second-order valence-electron chi connectivity index (χ2n) is 6.14. The van der Waals surface area contributed by atoms with E-state index in [4.69, 9.17) is 4.74 Å². The molecule has 1 aliphatic carbocycles. The first-order valence-electron chi connectivity index (χ1n) is 7.89. The molecule has 3 rings (SSSR count). The molecular formula is C17H26N2O. The molecule has 0 aromatic heterocycles. The van der Waals surface area contributed by atoms with Gasteiger partial charge in [-0.15, -0.1) is 0 Å². The molecule has 1 N–H and O–H groups in total. The van der Waals surface area contributed by atoms with Gasteiger partial charge in [0.15, 0.2) is 0 Å². The molecule has 1 heterocycles. The lowest BCUT2D eigenvalue weighted by atomic mass is 9.75. The van der Waals surface area contributed by atoms with E-state index in [1.54, 1.807) is 7.11 Å². The van der Waals surface area contributed by atoms with Crippen LogP contribution >= 0.6 is 0 Å². The summed E-state index contributed by atoms with van der Waals surface area (Å²) in [6.45, 7) is 6.82. The molecule has 3 heteroatoms. The molecule has 1 aliphatic heterocycles. The minimum atomic E-state index is 0.608. The summed E-state index contributed by atoms with van der Waals surface area (Å²) in [5.74, 6) is 1.82. The van der Waals surface area contributed by atoms with Gasteiger partial charge in [-0.3, -0.25) is 4.90 Å². The van der Waals surface area contributed by atoms with E-state index in [1.165, 1.54) is 43.5 Å². The zero-order valence-electron chi connectivity index (χ0n) is 12.7. The molecular weight excluding hydrogens is 248 g/mol. The summed E-state index contributed by atoms with van der Waals surface area (Å²) in [6.07, 6.45) is 4.18. The summed E-state index contributed by atoms with van der Waals surface area (Å²) in [5.41, 5.74) is 2.89. The minimum absolute atomic E-state index is 0.608. The van der Waals surface area contributed by atoms with Crippen molar-refractivity contribution in [2.24, 2.45) is 5.92 Å². The Morgan fingerprint density at radius 2 is 2.00 bits per heavy atom. The lowest BCUT2D eigenvalue weighted by Crippen LogP contribution is -2.48. The van der Waals surface area contributed by atoms with Gasteiger partial charge in [0, 0.05) is 32.2 Å². The molecule has 0 spiro atoms. The number of rotatable bonds is 4. The normalized spacial score (nSPS) is 22.3. The van der Waals surface area contributed by atoms with E-state index < -0.39 is 0 Å². The van der Waals surface area contributed by atoms with Crippen molar-refractivity contribution in [3.8, 4) is 5.75 Å². The zero-order valence-corrected chi connectivity index (χ0v) is 12.7. The highest BCUT2D eigenvalue weighted by atomic mass is 16.5. The highest BCUT2D eigenvalue weighted by Crippen LogP contribution is 2.42. The number of nitrogens with zero attached hydrogens (tertiary/aromatic N) is 1. The second-order valence-corrected chi connectivity index (χ2v) is 6.14. The Morgan fingerprint density at radius 1 is 1.25 bits per heavy atom. The number of benzene rings is 1. The summed E-state index contributed by atoms with van der Waals surface area (Å²) in [6, 6.07) is 7.20. The fourth-order valence-corrected chi connectivity index (χ4v) is 3.57. The average molecular weight is 274 g/mol. The van der Waals surface area contributed by atoms with Crippen LogP contribution in [0, 0.1) is 12.8 Å². The van der Waals surface area contributed by atoms with Gasteiger partial charge in [0.05, 0.1) is 7.11 Å². The molecule has 2 aliphatic rings. The summed E-state index contributed by atoms with van der Waals surface area (Å²) >= 11 is 0. The average Bonchev–Trinajstić information content (AvgIpc) is 2.44. The molecule has 0 amide bonds. The van der Waals surface area contributed by atoms with Crippen LogP contribution in [0.5, 0.6) is 5.75 Å². The van der Waals surface area contributed by atoms with Crippen molar-refractivity contribution in [2.45, 2.75) is 32.2 Å². The maximum Gasteiger partial charge on any atom is 0.119 e. The van der Waals surface area contributed by atoms with E-state index in [0.717, 1.165) is 24.8 Å². The first-order chi connectivity index (χ1) is 9.79. The van der Waals surface area contributed by atoms with Crippen molar-refractivity contribution in [2.75, 3.05) is 33.3 Å². The Kier molecular flexibility index (Phi) is 4.27. The lowest BCUT2D eigenvalue weighted by molar-refractivity contribution is 0.0832. The van der Waals surface area contributed by atoms with E-state index in [-0.39, 0.29) is 0 Å². The highest BCUT2D eigenvalue weighted by Gasteiger charge is 2.34. The third-order valence-electron chi connectivity index (χ3n) is 4.94. The van der Waals surface area contributed by atoms with Crippen LogP contribution in [-0.4, -0.2) is 38.2 Å². The van der Waals surface area contributed by atoms with Gasteiger partial charge in [-0.1, -0.05) is 12.5 Å². The topological polar surface area (TPSA) is 24.5 Å². The maximum atomic E-state index is 5.35. The van der Waals surface area contributed by atoms with Crippen LogP contribution in [0.1, 0.15) is 36.4 Å². The number of hydrogen-bond acceptors (Lipinski definition) is 3. The predicted octanol–water partition coefficient (Wildman–Crippen LogP) is 2.75. The van der Waals surface area contributed by atoms with Crippen molar-refractivity contribution >= 4 is 0 Å². The lowest BCUT2D eigenvalue weighted by Gasteiger charge is -2.43. The van der Waals surface area contributed by atoms with Crippen molar-refractivity contribution in [1.82, 2.24) is 10.2 Å². The van der Waals surface area contributed by atoms with Crippen molar-refractivity contribution in [1.29, 1.82) is 0 Å². The van der Waals surface area contributed by atoms with E-state index in [2.05, 4.69) is 35.3 Å². The number of nitrogens with one attached hydrogen (secondary N) is 1. The monoisotopic (exact) mass is 274 g/mol. The largest absolute Gasteiger partial charge is 0.497 e. The standard InChI is InChI=1S/C17H26N2O/c1-13-12-15(20-2)6-7-16(13)17(14-4-3-5-14)19-10-8-18-9-11-19/h6-7,12,14,17-18H,3-5,8-11H2,1-2H3/t17-/m1/s1. The molecule has 0 radical (unpaired) electrons. The fraction of sp³-hybridized carbons (Fsp3) is 0.647. The fourth-order valence-electron chi connectivity index (χ4n) is 3.57. The molecule has 0 unspecified atom stereocenters. The van der Waals surface area contributed by atoms with Crippen LogP contribution in [0.3, 0.4) is 0 Å². The third-order valence-corrected chi connectivity index (χ3v) is 4.94. The van der Waals surface area contributed by atoms with Gasteiger partial charge >= 0.3 is 0 Å². The smallest absolute Gasteiger partial charge is 0.119 e. The van der Waals surface area contributed by atoms with Crippen molar-refractivity contribution in [3.63, 3.8) is 0 Å². The molecule has 1 aromatic rings. The van der Waals surface area contributed by atoms with Crippen LogP contribution in [-0.2, 0) is 0 Å². The highest BCUT2D eigenvalue weighted by molar-refractivity contribution is 5.37. The van der Waals surface area contributed by atoms with Crippen LogP contribution in [0.2, 0.25) is 0 Å². The summed E-state index contributed by atoms with van der Waals surface area (Å²) in [4.78, 5) is 2.69. The molecule has 0 bridgehead atoms. The quantitative estimate of drug-likeness (QED) is 0.913. The molecule has 1 saturated carbocycles.